The number of aromatic nitrogens is 1. The fraction of sp³-hybridized carbons (Fsp3) is 0.556. The first-order valence-electron chi connectivity index (χ1n) is 8.88. The molecule has 1 atom stereocenters. The van der Waals surface area contributed by atoms with E-state index in [4.69, 9.17) is 10.5 Å². The van der Waals surface area contributed by atoms with Crippen molar-refractivity contribution in [1.82, 2.24) is 14.8 Å². The average Bonchev–Trinajstić information content (AvgIpc) is 2.61. The maximum atomic E-state index is 11.8. The number of piperidine rings is 1. The maximum absolute atomic E-state index is 11.8. The number of nitrogens with two attached hydrogens (primary N) is 1. The lowest BCUT2D eigenvalue weighted by molar-refractivity contribution is -0.127. The molecule has 1 aromatic rings. The summed E-state index contributed by atoms with van der Waals surface area (Å²) in [5, 5.41) is 3.45. The van der Waals surface area contributed by atoms with Crippen LogP contribution in [0.25, 0.3) is 0 Å². The predicted octanol–water partition coefficient (Wildman–Crippen LogP) is 1.08. The Hall–Kier alpha value is -2.12. The van der Waals surface area contributed by atoms with Gasteiger partial charge in [-0.1, -0.05) is 6.58 Å². The van der Waals surface area contributed by atoms with Crippen LogP contribution >= 0.6 is 0 Å². The summed E-state index contributed by atoms with van der Waals surface area (Å²) in [7, 11) is 0. The van der Waals surface area contributed by atoms with E-state index < -0.39 is 0 Å². The molecule has 1 amide bonds. The standard InChI is InChI=1S/C18H27N5O2/c1-2-18(24)23-5-3-4-15(13-23)20-17-11-14(10-16(19)21-17)12-22-6-8-25-9-7-22/h2,10-11,15H,1,3-9,12-13H2,(H3,19,20,21). The highest BCUT2D eigenvalue weighted by molar-refractivity contribution is 5.87. The molecule has 2 aliphatic rings. The Bertz CT molecular complexity index is 615. The lowest BCUT2D eigenvalue weighted by Crippen LogP contribution is -2.44. The van der Waals surface area contributed by atoms with Crippen LogP contribution in [-0.2, 0) is 16.1 Å². The van der Waals surface area contributed by atoms with Gasteiger partial charge in [0.15, 0.2) is 0 Å². The number of pyridine rings is 1. The number of hydrogen-bond donors (Lipinski definition) is 2. The summed E-state index contributed by atoms with van der Waals surface area (Å²) in [5.41, 5.74) is 7.14. The first-order chi connectivity index (χ1) is 12.1. The fourth-order valence-electron chi connectivity index (χ4n) is 3.43. The molecule has 3 rings (SSSR count). The molecule has 0 saturated carbocycles. The van der Waals surface area contributed by atoms with Gasteiger partial charge in [0.25, 0.3) is 0 Å². The van der Waals surface area contributed by atoms with Crippen molar-refractivity contribution in [3.05, 3.63) is 30.4 Å². The van der Waals surface area contributed by atoms with E-state index in [1.165, 1.54) is 6.08 Å². The Morgan fingerprint density at radius 3 is 2.96 bits per heavy atom. The fourth-order valence-corrected chi connectivity index (χ4v) is 3.43. The summed E-state index contributed by atoms with van der Waals surface area (Å²) in [4.78, 5) is 20.4. The molecule has 0 spiro atoms. The molecular formula is C18H27N5O2. The van der Waals surface area contributed by atoms with E-state index in [1.54, 1.807) is 0 Å². The van der Waals surface area contributed by atoms with Crippen LogP contribution < -0.4 is 11.1 Å². The number of nitrogens with one attached hydrogen (secondary N) is 1. The van der Waals surface area contributed by atoms with Crippen molar-refractivity contribution in [2.24, 2.45) is 0 Å². The number of nitrogens with zero attached hydrogens (tertiary/aromatic N) is 3. The molecule has 7 heteroatoms. The molecule has 0 aliphatic carbocycles. The largest absolute Gasteiger partial charge is 0.384 e. The van der Waals surface area contributed by atoms with E-state index >= 15 is 0 Å². The van der Waals surface area contributed by atoms with Crippen molar-refractivity contribution in [3.63, 3.8) is 0 Å². The van der Waals surface area contributed by atoms with Gasteiger partial charge in [-0.05, 0) is 36.6 Å². The number of hydrogen-bond acceptors (Lipinski definition) is 6. The van der Waals surface area contributed by atoms with Crippen molar-refractivity contribution in [2.45, 2.75) is 25.4 Å². The maximum Gasteiger partial charge on any atom is 0.246 e. The molecule has 2 fully saturated rings. The molecule has 0 aromatic carbocycles. The number of carbonyl (C=O) groups is 1. The van der Waals surface area contributed by atoms with E-state index in [0.29, 0.717) is 12.4 Å². The topological polar surface area (TPSA) is 83.7 Å². The molecule has 0 radical (unpaired) electrons. The summed E-state index contributed by atoms with van der Waals surface area (Å²) in [6.07, 6.45) is 3.36. The number of amides is 1. The molecule has 25 heavy (non-hydrogen) atoms. The minimum absolute atomic E-state index is 0.0139. The van der Waals surface area contributed by atoms with Crippen LogP contribution in [-0.4, -0.2) is 66.1 Å². The van der Waals surface area contributed by atoms with Crippen molar-refractivity contribution in [2.75, 3.05) is 50.4 Å². The number of carbonyl (C=O) groups excluding carboxylic acids is 1. The molecule has 7 nitrogen and oxygen atoms in total. The molecular weight excluding hydrogens is 318 g/mol. The van der Waals surface area contributed by atoms with E-state index in [1.807, 2.05) is 11.0 Å². The van der Waals surface area contributed by atoms with Gasteiger partial charge in [-0.2, -0.15) is 0 Å². The van der Waals surface area contributed by atoms with E-state index in [9.17, 15) is 4.79 Å². The third-order valence-corrected chi connectivity index (χ3v) is 4.67. The van der Waals surface area contributed by atoms with Gasteiger partial charge in [-0.3, -0.25) is 9.69 Å². The minimum atomic E-state index is -0.0139. The van der Waals surface area contributed by atoms with Crippen LogP contribution in [0.2, 0.25) is 0 Å². The zero-order valence-electron chi connectivity index (χ0n) is 14.6. The van der Waals surface area contributed by atoms with Crippen LogP contribution in [0.1, 0.15) is 18.4 Å². The van der Waals surface area contributed by atoms with Crippen LogP contribution in [0.4, 0.5) is 11.6 Å². The van der Waals surface area contributed by atoms with Gasteiger partial charge in [0.1, 0.15) is 11.6 Å². The summed E-state index contributed by atoms with van der Waals surface area (Å²) in [5.74, 6) is 1.28. The third-order valence-electron chi connectivity index (χ3n) is 4.67. The average molecular weight is 345 g/mol. The molecule has 1 aromatic heterocycles. The number of morpholine rings is 1. The van der Waals surface area contributed by atoms with Gasteiger partial charge in [0.2, 0.25) is 5.91 Å². The first-order valence-corrected chi connectivity index (χ1v) is 8.88. The van der Waals surface area contributed by atoms with Crippen LogP contribution in [0.3, 0.4) is 0 Å². The molecule has 3 heterocycles. The monoisotopic (exact) mass is 345 g/mol. The smallest absolute Gasteiger partial charge is 0.246 e. The normalized spacial score (nSPS) is 21.8. The number of likely N-dealkylation sites (tertiary alicyclic amines) is 1. The quantitative estimate of drug-likeness (QED) is 0.777. The molecule has 3 N–H and O–H groups in total. The number of nitrogen functional groups attached to an aromatic ring is 1. The molecule has 2 aliphatic heterocycles. The molecule has 0 bridgehead atoms. The first kappa shape index (κ1) is 17.7. The molecule has 2 saturated heterocycles. The summed E-state index contributed by atoms with van der Waals surface area (Å²) < 4.78 is 5.39. The number of anilines is 2. The van der Waals surface area contributed by atoms with Gasteiger partial charge < -0.3 is 20.7 Å². The number of ether oxygens (including phenoxy) is 1. The highest BCUT2D eigenvalue weighted by Crippen LogP contribution is 2.19. The molecule has 1 unspecified atom stereocenters. The van der Waals surface area contributed by atoms with E-state index in [-0.39, 0.29) is 11.9 Å². The van der Waals surface area contributed by atoms with Crippen LogP contribution in [0.5, 0.6) is 0 Å². The highest BCUT2D eigenvalue weighted by atomic mass is 16.5. The Kier molecular flexibility index (Phi) is 5.88. The Balaban J connectivity index is 1.63. The zero-order valence-corrected chi connectivity index (χ0v) is 14.6. The second kappa shape index (κ2) is 8.31. The summed E-state index contributed by atoms with van der Waals surface area (Å²) in [6, 6.07) is 4.16. The van der Waals surface area contributed by atoms with Crippen LogP contribution in [0.15, 0.2) is 24.8 Å². The SMILES string of the molecule is C=CC(=O)N1CCCC(Nc2cc(CN3CCOCC3)cc(N)n2)C1. The van der Waals surface area contributed by atoms with Gasteiger partial charge in [-0.15, -0.1) is 0 Å². The predicted molar refractivity (Wildman–Crippen MR) is 98.2 cm³/mol. The van der Waals surface area contributed by atoms with E-state index in [0.717, 1.165) is 63.6 Å². The lowest BCUT2D eigenvalue weighted by Gasteiger charge is -2.33. The van der Waals surface area contributed by atoms with Crippen molar-refractivity contribution >= 4 is 17.5 Å². The Labute approximate surface area is 148 Å². The summed E-state index contributed by atoms with van der Waals surface area (Å²) in [6.45, 7) is 9.30. The Morgan fingerprint density at radius 1 is 1.40 bits per heavy atom. The van der Waals surface area contributed by atoms with Gasteiger partial charge in [0, 0.05) is 38.8 Å². The van der Waals surface area contributed by atoms with Gasteiger partial charge in [0.05, 0.1) is 13.2 Å². The minimum Gasteiger partial charge on any atom is -0.384 e. The second-order valence-electron chi connectivity index (χ2n) is 6.65. The summed E-state index contributed by atoms with van der Waals surface area (Å²) >= 11 is 0. The van der Waals surface area contributed by atoms with Crippen molar-refractivity contribution < 1.29 is 9.53 Å². The third kappa shape index (κ3) is 4.93. The van der Waals surface area contributed by atoms with Crippen molar-refractivity contribution in [3.8, 4) is 0 Å². The molecule has 136 valence electrons. The zero-order chi connectivity index (χ0) is 17.6. The Morgan fingerprint density at radius 2 is 2.20 bits per heavy atom. The van der Waals surface area contributed by atoms with Crippen molar-refractivity contribution in [1.29, 1.82) is 0 Å². The lowest BCUT2D eigenvalue weighted by atomic mass is 10.1. The van der Waals surface area contributed by atoms with Gasteiger partial charge in [-0.25, -0.2) is 4.98 Å². The second-order valence-corrected chi connectivity index (χ2v) is 6.65. The van der Waals surface area contributed by atoms with E-state index in [2.05, 4.69) is 27.8 Å². The van der Waals surface area contributed by atoms with Crippen LogP contribution in [0, 0.1) is 0 Å². The highest BCUT2D eigenvalue weighted by Gasteiger charge is 2.22. The number of rotatable bonds is 5. The van der Waals surface area contributed by atoms with Gasteiger partial charge >= 0.3 is 0 Å².